The highest BCUT2D eigenvalue weighted by Crippen LogP contribution is 2.39. The zero-order valence-electron chi connectivity index (χ0n) is 17.9. The minimum absolute atomic E-state index is 0.238. The van der Waals surface area contributed by atoms with Crippen molar-refractivity contribution in [1.82, 2.24) is 24.5 Å². The van der Waals surface area contributed by atoms with Crippen LogP contribution in [0.5, 0.6) is 0 Å². The van der Waals surface area contributed by atoms with Gasteiger partial charge in [-0.05, 0) is 43.7 Å². The van der Waals surface area contributed by atoms with Gasteiger partial charge in [-0.3, -0.25) is 9.55 Å². The number of fused-ring (bicyclic) bond motifs is 2. The number of aryl methyl sites for hydroxylation is 1. The highest BCUT2D eigenvalue weighted by atomic mass is 32.1. The topological polar surface area (TPSA) is 69.0 Å². The fourth-order valence-electron chi connectivity index (χ4n) is 4.36. The zero-order valence-corrected chi connectivity index (χ0v) is 18.7. The summed E-state index contributed by atoms with van der Waals surface area (Å²) in [6, 6.07) is 12.4. The number of morpholine rings is 1. The molecule has 0 unspecified atom stereocenters. The summed E-state index contributed by atoms with van der Waals surface area (Å²) in [5.41, 5.74) is 5.10. The number of aromatic nitrogens is 5. The van der Waals surface area contributed by atoms with E-state index in [0.717, 1.165) is 50.6 Å². The van der Waals surface area contributed by atoms with E-state index in [9.17, 15) is 0 Å². The maximum Gasteiger partial charge on any atom is 0.238 e. The van der Waals surface area contributed by atoms with Gasteiger partial charge in [-0.15, -0.1) is 11.3 Å². The fourth-order valence-corrected chi connectivity index (χ4v) is 5.38. The lowest BCUT2D eigenvalue weighted by Gasteiger charge is -2.34. The van der Waals surface area contributed by atoms with Crippen molar-refractivity contribution in [2.24, 2.45) is 0 Å². The van der Waals surface area contributed by atoms with Gasteiger partial charge in [0, 0.05) is 29.9 Å². The molecule has 1 saturated heterocycles. The van der Waals surface area contributed by atoms with Crippen LogP contribution in [0, 0.1) is 6.92 Å². The first-order chi connectivity index (χ1) is 15.7. The van der Waals surface area contributed by atoms with E-state index in [0.29, 0.717) is 19.2 Å². The number of pyridine rings is 1. The number of nitrogens with zero attached hydrogens (tertiary/aromatic N) is 6. The molecule has 0 aliphatic carbocycles. The van der Waals surface area contributed by atoms with Crippen LogP contribution in [-0.2, 0) is 4.74 Å². The maximum atomic E-state index is 5.70. The SMILES string of the molecule is Cc1nc2ccccc2n1-c1nc(N2CCOC[C@H]2C)c2scc(-c3ccncc3)c2n1. The van der Waals surface area contributed by atoms with Gasteiger partial charge in [0.25, 0.3) is 0 Å². The van der Waals surface area contributed by atoms with Crippen LogP contribution in [0.3, 0.4) is 0 Å². The molecule has 4 aromatic heterocycles. The molecular weight excluding hydrogens is 420 g/mol. The van der Waals surface area contributed by atoms with Gasteiger partial charge < -0.3 is 9.64 Å². The molecule has 32 heavy (non-hydrogen) atoms. The molecule has 0 bridgehead atoms. The minimum Gasteiger partial charge on any atom is -0.377 e. The Bertz CT molecular complexity index is 1430. The lowest BCUT2D eigenvalue weighted by Crippen LogP contribution is -2.44. The van der Waals surface area contributed by atoms with Gasteiger partial charge in [0.2, 0.25) is 5.95 Å². The first kappa shape index (κ1) is 19.3. The van der Waals surface area contributed by atoms with E-state index in [4.69, 9.17) is 19.7 Å². The Hall–Kier alpha value is -3.36. The van der Waals surface area contributed by atoms with Gasteiger partial charge in [0.05, 0.1) is 40.5 Å². The summed E-state index contributed by atoms with van der Waals surface area (Å²) < 4.78 is 8.84. The molecule has 6 rings (SSSR count). The first-order valence-corrected chi connectivity index (χ1v) is 11.6. The number of hydrogen-bond acceptors (Lipinski definition) is 7. The van der Waals surface area contributed by atoms with Crippen molar-refractivity contribution in [1.29, 1.82) is 0 Å². The van der Waals surface area contributed by atoms with E-state index in [1.807, 2.05) is 49.6 Å². The lowest BCUT2D eigenvalue weighted by atomic mass is 10.1. The molecule has 0 spiro atoms. The van der Waals surface area contributed by atoms with Crippen LogP contribution in [0.25, 0.3) is 38.3 Å². The van der Waals surface area contributed by atoms with Gasteiger partial charge in [0.15, 0.2) is 5.82 Å². The molecular formula is C24H22N6OS. The van der Waals surface area contributed by atoms with Gasteiger partial charge >= 0.3 is 0 Å². The average molecular weight is 443 g/mol. The van der Waals surface area contributed by atoms with Crippen molar-refractivity contribution in [2.75, 3.05) is 24.7 Å². The number of thiophene rings is 1. The van der Waals surface area contributed by atoms with Crippen molar-refractivity contribution in [3.05, 3.63) is 60.0 Å². The summed E-state index contributed by atoms with van der Waals surface area (Å²) >= 11 is 1.69. The van der Waals surface area contributed by atoms with Crippen molar-refractivity contribution < 1.29 is 4.74 Å². The molecule has 0 saturated carbocycles. The van der Waals surface area contributed by atoms with Crippen molar-refractivity contribution in [2.45, 2.75) is 19.9 Å². The summed E-state index contributed by atoms with van der Waals surface area (Å²) in [5.74, 6) is 2.47. The van der Waals surface area contributed by atoms with E-state index >= 15 is 0 Å². The predicted molar refractivity (Wildman–Crippen MR) is 128 cm³/mol. The Balaban J connectivity index is 1.64. The highest BCUT2D eigenvalue weighted by Gasteiger charge is 2.26. The third kappa shape index (κ3) is 3.06. The minimum atomic E-state index is 0.238. The second-order valence-electron chi connectivity index (χ2n) is 8.01. The number of para-hydroxylation sites is 2. The summed E-state index contributed by atoms with van der Waals surface area (Å²) in [6.07, 6.45) is 3.64. The Morgan fingerprint density at radius 3 is 2.75 bits per heavy atom. The van der Waals surface area contributed by atoms with Crippen LogP contribution in [-0.4, -0.2) is 50.3 Å². The number of imidazole rings is 1. The maximum absolute atomic E-state index is 5.70. The van der Waals surface area contributed by atoms with Crippen molar-refractivity contribution in [3.63, 3.8) is 0 Å². The fraction of sp³-hybridized carbons (Fsp3) is 0.250. The van der Waals surface area contributed by atoms with Crippen LogP contribution in [0.15, 0.2) is 54.2 Å². The van der Waals surface area contributed by atoms with Crippen LogP contribution in [0.4, 0.5) is 5.82 Å². The Morgan fingerprint density at radius 1 is 1.06 bits per heavy atom. The molecule has 1 atom stereocenters. The summed E-state index contributed by atoms with van der Waals surface area (Å²) in [7, 11) is 0. The third-order valence-electron chi connectivity index (χ3n) is 5.95. The van der Waals surface area contributed by atoms with Crippen LogP contribution in [0.1, 0.15) is 12.7 Å². The Kier molecular flexibility index (Phi) is 4.62. The highest BCUT2D eigenvalue weighted by molar-refractivity contribution is 7.18. The Labute approximate surface area is 189 Å². The van der Waals surface area contributed by atoms with Gasteiger partial charge in [-0.25, -0.2) is 9.97 Å². The smallest absolute Gasteiger partial charge is 0.238 e. The molecule has 1 aromatic carbocycles. The molecule has 1 aliphatic rings. The van der Waals surface area contributed by atoms with Crippen molar-refractivity contribution >= 4 is 38.4 Å². The number of ether oxygens (including phenoxy) is 1. The summed E-state index contributed by atoms with van der Waals surface area (Å²) in [4.78, 5) is 21.5. The van der Waals surface area contributed by atoms with E-state index in [-0.39, 0.29) is 6.04 Å². The van der Waals surface area contributed by atoms with E-state index < -0.39 is 0 Å². The number of benzene rings is 1. The van der Waals surface area contributed by atoms with Gasteiger partial charge in [-0.2, -0.15) is 4.98 Å². The zero-order chi connectivity index (χ0) is 21.7. The van der Waals surface area contributed by atoms with Gasteiger partial charge in [0.1, 0.15) is 5.82 Å². The van der Waals surface area contributed by atoms with Gasteiger partial charge in [-0.1, -0.05) is 12.1 Å². The lowest BCUT2D eigenvalue weighted by molar-refractivity contribution is 0.0987. The summed E-state index contributed by atoms with van der Waals surface area (Å²) in [6.45, 7) is 6.38. The second kappa shape index (κ2) is 7.65. The standard InChI is InChI=1S/C24H22N6OS/c1-15-13-31-12-11-29(15)23-22-21(18(14-32-22)17-7-9-25-10-8-17)27-24(28-23)30-16(2)26-19-5-3-4-6-20(19)30/h3-10,14-15H,11-13H2,1-2H3/t15-/m1/s1. The second-order valence-corrected chi connectivity index (χ2v) is 8.89. The third-order valence-corrected chi connectivity index (χ3v) is 6.91. The predicted octanol–water partition coefficient (Wildman–Crippen LogP) is 4.63. The van der Waals surface area contributed by atoms with Crippen molar-refractivity contribution in [3.8, 4) is 17.1 Å². The molecule has 160 valence electrons. The van der Waals surface area contributed by atoms with Crippen LogP contribution < -0.4 is 4.90 Å². The normalized spacial score (nSPS) is 16.8. The molecule has 0 N–H and O–H groups in total. The first-order valence-electron chi connectivity index (χ1n) is 10.7. The number of rotatable bonds is 3. The molecule has 1 fully saturated rings. The van der Waals surface area contributed by atoms with E-state index in [1.54, 1.807) is 11.3 Å². The molecule has 5 aromatic rings. The molecule has 0 radical (unpaired) electrons. The molecule has 8 heteroatoms. The number of anilines is 1. The Morgan fingerprint density at radius 2 is 1.91 bits per heavy atom. The number of hydrogen-bond donors (Lipinski definition) is 0. The summed E-state index contributed by atoms with van der Waals surface area (Å²) in [5, 5.41) is 2.17. The monoisotopic (exact) mass is 442 g/mol. The average Bonchev–Trinajstić information content (AvgIpc) is 3.39. The largest absolute Gasteiger partial charge is 0.377 e. The molecule has 7 nitrogen and oxygen atoms in total. The quantitative estimate of drug-likeness (QED) is 0.406. The van der Waals surface area contributed by atoms with Crippen LogP contribution >= 0.6 is 11.3 Å². The molecule has 1 aliphatic heterocycles. The van der Waals surface area contributed by atoms with E-state index in [2.05, 4.69) is 32.8 Å². The van der Waals surface area contributed by atoms with Crippen LogP contribution in [0.2, 0.25) is 0 Å². The molecule has 0 amide bonds. The molecule has 5 heterocycles. The van der Waals surface area contributed by atoms with E-state index in [1.165, 1.54) is 0 Å².